The number of fused-ring (bicyclic) bond motifs is 1. The number of hydrogen-bond acceptors (Lipinski definition) is 8. The van der Waals surface area contributed by atoms with E-state index in [0.717, 1.165) is 53.4 Å². The van der Waals surface area contributed by atoms with Crippen LogP contribution >= 0.6 is 22.7 Å². The van der Waals surface area contributed by atoms with Crippen molar-refractivity contribution in [3.05, 3.63) is 58.2 Å². The fraction of sp³-hybridized carbons (Fsp3) is 0.300. The zero-order valence-electron chi connectivity index (χ0n) is 15.6. The van der Waals surface area contributed by atoms with Gasteiger partial charge in [0.05, 0.1) is 5.39 Å². The van der Waals surface area contributed by atoms with Crippen LogP contribution in [0.3, 0.4) is 0 Å². The Bertz CT molecular complexity index is 1080. The smallest absolute Gasteiger partial charge is 0.208 e. The number of aromatic nitrogens is 4. The first kappa shape index (κ1) is 17.5. The van der Waals surface area contributed by atoms with Crippen LogP contribution in [-0.2, 0) is 6.42 Å². The van der Waals surface area contributed by atoms with Crippen molar-refractivity contribution in [2.45, 2.75) is 13.3 Å². The van der Waals surface area contributed by atoms with Crippen molar-refractivity contribution in [3.63, 3.8) is 0 Å². The first-order valence-corrected chi connectivity index (χ1v) is 11.0. The lowest BCUT2D eigenvalue weighted by Gasteiger charge is -2.35. The molecule has 0 bridgehead atoms. The highest BCUT2D eigenvalue weighted by atomic mass is 32.1. The lowest BCUT2D eigenvalue weighted by Crippen LogP contribution is -2.46. The maximum Gasteiger partial charge on any atom is 0.208 e. The molecule has 6 nitrogen and oxygen atoms in total. The molecule has 4 heterocycles. The number of rotatable bonds is 4. The third kappa shape index (κ3) is 3.45. The van der Waals surface area contributed by atoms with Gasteiger partial charge in [-0.1, -0.05) is 41.7 Å². The quantitative estimate of drug-likeness (QED) is 0.512. The topological polar surface area (TPSA) is 58.0 Å². The highest BCUT2D eigenvalue weighted by molar-refractivity contribution is 7.18. The minimum absolute atomic E-state index is 0.842. The van der Waals surface area contributed by atoms with Crippen LogP contribution in [-0.4, -0.2) is 46.3 Å². The number of nitrogens with zero attached hydrogens (tertiary/aromatic N) is 6. The summed E-state index contributed by atoms with van der Waals surface area (Å²) in [5, 5.41) is 12.1. The van der Waals surface area contributed by atoms with E-state index in [9.17, 15) is 0 Å². The molecule has 0 aliphatic carbocycles. The van der Waals surface area contributed by atoms with Gasteiger partial charge in [0.25, 0.3) is 0 Å². The van der Waals surface area contributed by atoms with Crippen molar-refractivity contribution < 1.29 is 0 Å². The molecule has 0 saturated carbocycles. The van der Waals surface area contributed by atoms with E-state index in [0.29, 0.717) is 0 Å². The molecule has 0 spiro atoms. The maximum absolute atomic E-state index is 4.57. The summed E-state index contributed by atoms with van der Waals surface area (Å²) in [6.45, 7) is 5.82. The van der Waals surface area contributed by atoms with Crippen molar-refractivity contribution >= 4 is 43.8 Å². The summed E-state index contributed by atoms with van der Waals surface area (Å²) in [6, 6.07) is 12.6. The van der Waals surface area contributed by atoms with Crippen LogP contribution in [0.15, 0.2) is 42.7 Å². The van der Waals surface area contributed by atoms with Gasteiger partial charge in [0.1, 0.15) is 22.0 Å². The normalized spacial score (nSPS) is 14.8. The van der Waals surface area contributed by atoms with Gasteiger partial charge in [0.2, 0.25) is 5.13 Å². The average Bonchev–Trinajstić information content (AvgIpc) is 3.34. The van der Waals surface area contributed by atoms with Crippen LogP contribution in [0.2, 0.25) is 0 Å². The first-order chi connectivity index (χ1) is 13.8. The van der Waals surface area contributed by atoms with Crippen molar-refractivity contribution in [1.29, 1.82) is 0 Å². The summed E-state index contributed by atoms with van der Waals surface area (Å²) in [5.74, 6) is 1.05. The molecule has 0 atom stereocenters. The van der Waals surface area contributed by atoms with Gasteiger partial charge in [0.15, 0.2) is 0 Å². The zero-order chi connectivity index (χ0) is 18.9. The van der Waals surface area contributed by atoms with Crippen molar-refractivity contribution in [1.82, 2.24) is 20.2 Å². The summed E-state index contributed by atoms with van der Waals surface area (Å²) in [5.41, 5.74) is 1.27. The van der Waals surface area contributed by atoms with Gasteiger partial charge in [-0.15, -0.1) is 21.5 Å². The second kappa shape index (κ2) is 7.44. The minimum atomic E-state index is 0.842. The molecule has 0 N–H and O–H groups in total. The molecule has 3 aromatic heterocycles. The fourth-order valence-electron chi connectivity index (χ4n) is 3.54. The molecule has 1 fully saturated rings. The predicted molar refractivity (Wildman–Crippen MR) is 116 cm³/mol. The fourth-order valence-corrected chi connectivity index (χ4v) is 5.31. The second-order valence-electron chi connectivity index (χ2n) is 6.89. The lowest BCUT2D eigenvalue weighted by atomic mass is 10.2. The lowest BCUT2D eigenvalue weighted by molar-refractivity contribution is 0.645. The Morgan fingerprint density at radius 1 is 0.929 bits per heavy atom. The maximum atomic E-state index is 4.57. The molecule has 5 rings (SSSR count). The van der Waals surface area contributed by atoms with Crippen LogP contribution in [0.25, 0.3) is 10.2 Å². The minimum Gasteiger partial charge on any atom is -0.352 e. The van der Waals surface area contributed by atoms with Crippen LogP contribution in [0, 0.1) is 6.92 Å². The standard InChI is InChI=1S/C20H20N6S2/c1-14-11-16-18(21-13-22-19(16)27-14)25-7-9-26(10-8-25)20-24-23-17(28-20)12-15-5-3-2-4-6-15/h2-6,11,13H,7-10,12H2,1H3. The van der Waals surface area contributed by atoms with Gasteiger partial charge in [0, 0.05) is 37.5 Å². The number of benzene rings is 1. The molecule has 142 valence electrons. The molecule has 8 heteroatoms. The Hall–Kier alpha value is -2.58. The van der Waals surface area contributed by atoms with E-state index in [-0.39, 0.29) is 0 Å². The molecule has 0 radical (unpaired) electrons. The van der Waals surface area contributed by atoms with E-state index in [4.69, 9.17) is 0 Å². The molecule has 1 aromatic carbocycles. The highest BCUT2D eigenvalue weighted by Gasteiger charge is 2.23. The number of aryl methyl sites for hydroxylation is 1. The van der Waals surface area contributed by atoms with E-state index in [1.807, 2.05) is 6.07 Å². The molecular weight excluding hydrogens is 388 g/mol. The van der Waals surface area contributed by atoms with E-state index in [2.05, 4.69) is 67.2 Å². The third-order valence-corrected chi connectivity index (χ3v) is 6.88. The van der Waals surface area contributed by atoms with Crippen molar-refractivity contribution in [2.75, 3.05) is 36.0 Å². The molecule has 0 unspecified atom stereocenters. The van der Waals surface area contributed by atoms with E-state index < -0.39 is 0 Å². The largest absolute Gasteiger partial charge is 0.352 e. The van der Waals surface area contributed by atoms with Crippen LogP contribution in [0.4, 0.5) is 10.9 Å². The molecule has 4 aromatic rings. The molecule has 1 aliphatic rings. The van der Waals surface area contributed by atoms with Gasteiger partial charge in [-0.25, -0.2) is 9.97 Å². The van der Waals surface area contributed by atoms with Gasteiger partial charge in [-0.3, -0.25) is 0 Å². The van der Waals surface area contributed by atoms with E-state index in [1.165, 1.54) is 15.8 Å². The molecule has 0 amide bonds. The second-order valence-corrected chi connectivity index (χ2v) is 9.16. The zero-order valence-corrected chi connectivity index (χ0v) is 17.2. The summed E-state index contributed by atoms with van der Waals surface area (Å²) < 4.78 is 0. The number of anilines is 2. The van der Waals surface area contributed by atoms with Gasteiger partial charge in [-0.2, -0.15) is 0 Å². The summed E-state index contributed by atoms with van der Waals surface area (Å²) in [6.07, 6.45) is 2.52. The number of hydrogen-bond donors (Lipinski definition) is 0. The van der Waals surface area contributed by atoms with Crippen LogP contribution < -0.4 is 9.80 Å². The van der Waals surface area contributed by atoms with Crippen molar-refractivity contribution in [2.24, 2.45) is 0 Å². The molecular formula is C20H20N6S2. The Balaban J connectivity index is 1.27. The highest BCUT2D eigenvalue weighted by Crippen LogP contribution is 2.31. The molecule has 28 heavy (non-hydrogen) atoms. The van der Waals surface area contributed by atoms with Crippen molar-refractivity contribution in [3.8, 4) is 0 Å². The Morgan fingerprint density at radius 2 is 1.71 bits per heavy atom. The summed E-state index contributed by atoms with van der Waals surface area (Å²) in [7, 11) is 0. The molecule has 1 aliphatic heterocycles. The molecule has 1 saturated heterocycles. The number of thiophene rings is 1. The monoisotopic (exact) mass is 408 g/mol. The van der Waals surface area contributed by atoms with E-state index >= 15 is 0 Å². The Morgan fingerprint density at radius 3 is 2.54 bits per heavy atom. The van der Waals surface area contributed by atoms with Crippen LogP contribution in [0.1, 0.15) is 15.4 Å². The van der Waals surface area contributed by atoms with Gasteiger partial charge < -0.3 is 9.80 Å². The predicted octanol–water partition coefficient (Wildman–Crippen LogP) is 3.77. The van der Waals surface area contributed by atoms with Crippen LogP contribution in [0.5, 0.6) is 0 Å². The van der Waals surface area contributed by atoms with E-state index in [1.54, 1.807) is 29.0 Å². The Labute approximate surface area is 171 Å². The van der Waals surface area contributed by atoms with Gasteiger partial charge in [-0.05, 0) is 18.6 Å². The summed E-state index contributed by atoms with van der Waals surface area (Å²) >= 11 is 3.42. The Kier molecular flexibility index (Phi) is 4.66. The SMILES string of the molecule is Cc1cc2c(N3CCN(c4nnc(Cc5ccccc5)s4)CC3)ncnc2s1. The first-order valence-electron chi connectivity index (χ1n) is 9.33. The van der Waals surface area contributed by atoms with Gasteiger partial charge >= 0.3 is 0 Å². The number of piperazine rings is 1. The third-order valence-electron chi connectivity index (χ3n) is 4.94. The summed E-state index contributed by atoms with van der Waals surface area (Å²) in [4.78, 5) is 16.0. The average molecular weight is 409 g/mol.